The van der Waals surface area contributed by atoms with Gasteiger partial charge in [0, 0.05) is 22.1 Å². The van der Waals surface area contributed by atoms with Crippen LogP contribution in [0.4, 0.5) is 0 Å². The second-order valence-electron chi connectivity index (χ2n) is 5.34. The molecule has 2 unspecified atom stereocenters. The van der Waals surface area contributed by atoms with Crippen molar-refractivity contribution >= 4 is 16.6 Å². The lowest BCUT2D eigenvalue weighted by Crippen LogP contribution is -2.24. The van der Waals surface area contributed by atoms with E-state index in [0.29, 0.717) is 11.3 Å². The molecule has 0 saturated heterocycles. The van der Waals surface area contributed by atoms with Gasteiger partial charge in [-0.3, -0.25) is 9.00 Å². The summed E-state index contributed by atoms with van der Waals surface area (Å²) >= 11 is 0. The average Bonchev–Trinajstić information content (AvgIpc) is 2.49. The van der Waals surface area contributed by atoms with Crippen LogP contribution in [0.3, 0.4) is 0 Å². The Bertz CT molecular complexity index is 662. The number of aryl methyl sites for hydroxylation is 2. The van der Waals surface area contributed by atoms with Gasteiger partial charge >= 0.3 is 0 Å². The van der Waals surface area contributed by atoms with E-state index in [1.165, 1.54) is 0 Å². The summed E-state index contributed by atoms with van der Waals surface area (Å²) in [5, 5.41) is -0.495. The fourth-order valence-corrected chi connectivity index (χ4v) is 3.34. The number of benzene rings is 2. The van der Waals surface area contributed by atoms with E-state index in [4.69, 9.17) is 0 Å². The highest BCUT2D eigenvalue weighted by molar-refractivity contribution is 7.85. The van der Waals surface area contributed by atoms with Crippen molar-refractivity contribution in [1.29, 1.82) is 0 Å². The smallest absolute Gasteiger partial charge is 0.178 e. The van der Waals surface area contributed by atoms with Crippen LogP contribution in [0.5, 0.6) is 0 Å². The van der Waals surface area contributed by atoms with E-state index in [2.05, 4.69) is 0 Å². The number of hydrogen-bond donors (Lipinski definition) is 0. The third-order valence-corrected chi connectivity index (χ3v) is 5.19. The molecule has 2 aromatic rings. The molecule has 0 radical (unpaired) electrons. The van der Waals surface area contributed by atoms with Crippen molar-refractivity contribution in [3.05, 3.63) is 70.8 Å². The fourth-order valence-electron chi connectivity index (χ4n) is 2.20. The van der Waals surface area contributed by atoms with Gasteiger partial charge in [0.1, 0.15) is 0 Å². The quantitative estimate of drug-likeness (QED) is 0.787. The SMILES string of the molecule is Cc1ccc(C)c(C(=O)C(C)S(=O)Cc2ccccc2)c1. The van der Waals surface area contributed by atoms with Gasteiger partial charge in [-0.15, -0.1) is 0 Å². The molecule has 0 bridgehead atoms. The molecule has 3 heteroatoms. The molecule has 0 saturated carbocycles. The molecule has 0 amide bonds. The number of carbonyl (C=O) groups is 1. The van der Waals surface area contributed by atoms with Crippen molar-refractivity contribution in [2.75, 3.05) is 0 Å². The highest BCUT2D eigenvalue weighted by Crippen LogP contribution is 2.17. The second-order valence-corrected chi connectivity index (χ2v) is 7.09. The van der Waals surface area contributed by atoms with Gasteiger partial charge in [0.15, 0.2) is 5.78 Å². The highest BCUT2D eigenvalue weighted by Gasteiger charge is 2.22. The van der Waals surface area contributed by atoms with E-state index in [0.717, 1.165) is 16.7 Å². The largest absolute Gasteiger partial charge is 0.293 e. The summed E-state index contributed by atoms with van der Waals surface area (Å²) < 4.78 is 12.4. The van der Waals surface area contributed by atoms with Crippen LogP contribution >= 0.6 is 0 Å². The molecule has 0 aliphatic heterocycles. The van der Waals surface area contributed by atoms with Gasteiger partial charge in [-0.25, -0.2) is 0 Å². The predicted octanol–water partition coefficient (Wildman–Crippen LogP) is 3.82. The first-order valence-electron chi connectivity index (χ1n) is 7.01. The molecule has 0 aromatic heterocycles. The van der Waals surface area contributed by atoms with Crippen molar-refractivity contribution in [2.24, 2.45) is 0 Å². The van der Waals surface area contributed by atoms with Gasteiger partial charge in [0.25, 0.3) is 0 Å². The lowest BCUT2D eigenvalue weighted by Gasteiger charge is -2.13. The predicted molar refractivity (Wildman–Crippen MR) is 88.0 cm³/mol. The van der Waals surface area contributed by atoms with E-state index in [1.807, 2.05) is 62.4 Å². The molecule has 0 aliphatic carbocycles. The Balaban J connectivity index is 2.15. The first-order chi connectivity index (χ1) is 9.99. The molecule has 0 aliphatic rings. The molecule has 2 atom stereocenters. The van der Waals surface area contributed by atoms with Crippen LogP contribution in [0.15, 0.2) is 48.5 Å². The average molecular weight is 300 g/mol. The fraction of sp³-hybridized carbons (Fsp3) is 0.278. The molecule has 0 fully saturated rings. The maximum atomic E-state index is 12.6. The zero-order valence-corrected chi connectivity index (χ0v) is 13.4. The van der Waals surface area contributed by atoms with Crippen LogP contribution in [0.2, 0.25) is 0 Å². The van der Waals surface area contributed by atoms with E-state index < -0.39 is 16.0 Å². The molecule has 0 spiro atoms. The normalized spacial score (nSPS) is 13.7. The number of hydrogen-bond acceptors (Lipinski definition) is 2. The lowest BCUT2D eigenvalue weighted by atomic mass is 10.0. The molecule has 2 nitrogen and oxygen atoms in total. The molecular formula is C18H20O2S. The maximum Gasteiger partial charge on any atom is 0.178 e. The van der Waals surface area contributed by atoms with Crippen LogP contribution in [-0.2, 0) is 16.6 Å². The van der Waals surface area contributed by atoms with Gasteiger partial charge in [-0.2, -0.15) is 0 Å². The number of carbonyl (C=O) groups excluding carboxylic acids is 1. The monoisotopic (exact) mass is 300 g/mol. The summed E-state index contributed by atoms with van der Waals surface area (Å²) in [6, 6.07) is 15.4. The van der Waals surface area contributed by atoms with Crippen molar-refractivity contribution in [1.82, 2.24) is 0 Å². The van der Waals surface area contributed by atoms with Crippen LogP contribution in [0.25, 0.3) is 0 Å². The van der Waals surface area contributed by atoms with E-state index in [1.54, 1.807) is 6.92 Å². The maximum absolute atomic E-state index is 12.6. The molecule has 2 aromatic carbocycles. The van der Waals surface area contributed by atoms with Crippen LogP contribution in [0.1, 0.15) is 34.0 Å². The highest BCUT2D eigenvalue weighted by atomic mass is 32.2. The van der Waals surface area contributed by atoms with Gasteiger partial charge in [0.2, 0.25) is 0 Å². The third-order valence-electron chi connectivity index (χ3n) is 3.57. The van der Waals surface area contributed by atoms with Crippen molar-refractivity contribution < 1.29 is 9.00 Å². The zero-order chi connectivity index (χ0) is 15.4. The van der Waals surface area contributed by atoms with E-state index in [9.17, 15) is 9.00 Å². The van der Waals surface area contributed by atoms with Crippen molar-refractivity contribution in [2.45, 2.75) is 31.8 Å². The van der Waals surface area contributed by atoms with Crippen molar-refractivity contribution in [3.8, 4) is 0 Å². The summed E-state index contributed by atoms with van der Waals surface area (Å²) in [5.41, 5.74) is 3.67. The molecule has 2 rings (SSSR count). The number of ketones is 1. The Morgan fingerprint density at radius 2 is 1.76 bits per heavy atom. The van der Waals surface area contributed by atoms with Gasteiger partial charge in [0.05, 0.1) is 5.25 Å². The van der Waals surface area contributed by atoms with E-state index >= 15 is 0 Å². The Kier molecular flexibility index (Phi) is 5.07. The minimum atomic E-state index is -1.21. The van der Waals surface area contributed by atoms with Gasteiger partial charge < -0.3 is 0 Å². The first-order valence-corrected chi connectivity index (χ1v) is 8.40. The first kappa shape index (κ1) is 15.6. The lowest BCUT2D eigenvalue weighted by molar-refractivity contribution is 0.0992. The summed E-state index contributed by atoms with van der Waals surface area (Å²) in [6.45, 7) is 5.63. The second kappa shape index (κ2) is 6.81. The Morgan fingerprint density at radius 1 is 1.10 bits per heavy atom. The molecule has 110 valence electrons. The molecule has 0 heterocycles. The van der Waals surface area contributed by atoms with E-state index in [-0.39, 0.29) is 5.78 Å². The Morgan fingerprint density at radius 3 is 2.43 bits per heavy atom. The Labute approximate surface area is 128 Å². The standard InChI is InChI=1S/C18H20O2S/c1-13-9-10-14(2)17(11-13)18(19)15(3)21(20)12-16-7-5-4-6-8-16/h4-11,15H,12H2,1-3H3. The number of Topliss-reactive ketones (excluding diaryl/α,β-unsaturated/α-hetero) is 1. The minimum Gasteiger partial charge on any atom is -0.293 e. The zero-order valence-electron chi connectivity index (χ0n) is 12.6. The third kappa shape index (κ3) is 3.88. The van der Waals surface area contributed by atoms with Gasteiger partial charge in [-0.1, -0.05) is 48.0 Å². The summed E-state index contributed by atoms with van der Waals surface area (Å²) in [5.74, 6) is 0.379. The molecule has 0 N–H and O–H groups in total. The van der Waals surface area contributed by atoms with Crippen LogP contribution in [0, 0.1) is 13.8 Å². The van der Waals surface area contributed by atoms with Gasteiger partial charge in [-0.05, 0) is 38.0 Å². The topological polar surface area (TPSA) is 34.1 Å². The summed E-state index contributed by atoms with van der Waals surface area (Å²) in [6.07, 6.45) is 0. The summed E-state index contributed by atoms with van der Waals surface area (Å²) in [4.78, 5) is 12.6. The molecular weight excluding hydrogens is 280 g/mol. The van der Waals surface area contributed by atoms with Crippen molar-refractivity contribution in [3.63, 3.8) is 0 Å². The summed E-state index contributed by atoms with van der Waals surface area (Å²) in [7, 11) is -1.21. The Hall–Kier alpha value is -1.74. The van der Waals surface area contributed by atoms with Crippen LogP contribution < -0.4 is 0 Å². The number of rotatable bonds is 5. The molecule has 21 heavy (non-hydrogen) atoms. The van der Waals surface area contributed by atoms with Crippen LogP contribution in [-0.4, -0.2) is 15.2 Å². The minimum absolute atomic E-state index is 0.0366.